The molecule has 2 heterocycles. The number of carbonyl (C=O) groups excluding carboxylic acids is 1. The van der Waals surface area contributed by atoms with Crippen LogP contribution in [0.15, 0.2) is 29.3 Å². The van der Waals surface area contributed by atoms with Crippen molar-refractivity contribution in [3.05, 3.63) is 35.4 Å². The fraction of sp³-hybridized carbons (Fsp3) is 0.652. The molecular formula is C23H37IN4O2. The van der Waals surface area contributed by atoms with Gasteiger partial charge in [0.2, 0.25) is 0 Å². The molecule has 2 N–H and O–H groups in total. The first-order valence-electron chi connectivity index (χ1n) is 11.1. The number of carbonyl (C=O) groups is 1. The summed E-state index contributed by atoms with van der Waals surface area (Å²) in [7, 11) is 0. The first-order chi connectivity index (χ1) is 14.0. The molecule has 2 aliphatic heterocycles. The summed E-state index contributed by atoms with van der Waals surface area (Å²) in [6.07, 6.45) is 3.54. The average molecular weight is 528 g/mol. The van der Waals surface area contributed by atoms with Gasteiger partial charge in [-0.05, 0) is 55.7 Å². The number of halogens is 1. The zero-order chi connectivity index (χ0) is 20.6. The second-order valence-electron chi connectivity index (χ2n) is 8.57. The van der Waals surface area contributed by atoms with Crippen molar-refractivity contribution in [2.75, 3.05) is 32.8 Å². The van der Waals surface area contributed by atoms with Gasteiger partial charge in [-0.3, -0.25) is 4.79 Å². The van der Waals surface area contributed by atoms with E-state index in [-0.39, 0.29) is 36.0 Å². The van der Waals surface area contributed by atoms with Crippen LogP contribution in [-0.4, -0.2) is 55.7 Å². The maximum absolute atomic E-state index is 12.5. The van der Waals surface area contributed by atoms with E-state index in [1.807, 2.05) is 24.3 Å². The molecule has 0 aliphatic carbocycles. The van der Waals surface area contributed by atoms with Crippen LogP contribution in [0.1, 0.15) is 56.0 Å². The molecular weight excluding hydrogens is 491 g/mol. The second-order valence-corrected chi connectivity index (χ2v) is 8.57. The summed E-state index contributed by atoms with van der Waals surface area (Å²) in [5.74, 6) is 2.29. The number of aliphatic imine (C=N–C) groups is 1. The van der Waals surface area contributed by atoms with Crippen LogP contribution in [0.2, 0.25) is 0 Å². The molecule has 7 heteroatoms. The Morgan fingerprint density at radius 3 is 2.67 bits per heavy atom. The Morgan fingerprint density at radius 1 is 1.23 bits per heavy atom. The van der Waals surface area contributed by atoms with Crippen LogP contribution in [0, 0.1) is 11.8 Å². The predicted molar refractivity (Wildman–Crippen MR) is 132 cm³/mol. The van der Waals surface area contributed by atoms with Crippen molar-refractivity contribution in [2.24, 2.45) is 16.8 Å². The highest BCUT2D eigenvalue weighted by molar-refractivity contribution is 14.0. The smallest absolute Gasteiger partial charge is 0.251 e. The third kappa shape index (κ3) is 7.41. The van der Waals surface area contributed by atoms with Crippen molar-refractivity contribution < 1.29 is 9.53 Å². The minimum absolute atomic E-state index is 0. The summed E-state index contributed by atoms with van der Waals surface area (Å²) in [5.41, 5.74) is 1.73. The summed E-state index contributed by atoms with van der Waals surface area (Å²) >= 11 is 0. The maximum atomic E-state index is 12.5. The van der Waals surface area contributed by atoms with Gasteiger partial charge in [0, 0.05) is 38.3 Å². The molecule has 2 aliphatic rings. The first kappa shape index (κ1) is 24.9. The van der Waals surface area contributed by atoms with Gasteiger partial charge in [-0.1, -0.05) is 26.0 Å². The Morgan fingerprint density at radius 2 is 2.00 bits per heavy atom. The highest BCUT2D eigenvalue weighted by Gasteiger charge is 2.24. The number of amides is 1. The van der Waals surface area contributed by atoms with Crippen LogP contribution in [0.3, 0.4) is 0 Å². The minimum Gasteiger partial charge on any atom is -0.376 e. The van der Waals surface area contributed by atoms with Gasteiger partial charge < -0.3 is 20.3 Å². The number of piperidine rings is 1. The Balaban J connectivity index is 0.00000320. The maximum Gasteiger partial charge on any atom is 0.251 e. The highest BCUT2D eigenvalue weighted by Crippen LogP contribution is 2.21. The van der Waals surface area contributed by atoms with Crippen LogP contribution < -0.4 is 10.6 Å². The molecule has 0 bridgehead atoms. The summed E-state index contributed by atoms with van der Waals surface area (Å²) in [6, 6.07) is 7.77. The second kappa shape index (κ2) is 12.5. The summed E-state index contributed by atoms with van der Waals surface area (Å²) in [6.45, 7) is 11.6. The number of ether oxygens (including phenoxy) is 1. The van der Waals surface area contributed by atoms with E-state index in [1.165, 1.54) is 6.42 Å². The number of likely N-dealkylation sites (tertiary alicyclic amines) is 1. The quantitative estimate of drug-likeness (QED) is 0.336. The van der Waals surface area contributed by atoms with Crippen molar-refractivity contribution in [1.82, 2.24) is 15.5 Å². The van der Waals surface area contributed by atoms with Crippen LogP contribution in [-0.2, 0) is 11.3 Å². The summed E-state index contributed by atoms with van der Waals surface area (Å²) < 4.78 is 5.58. The molecule has 3 rings (SSSR count). The molecule has 1 amide bonds. The predicted octanol–water partition coefficient (Wildman–Crippen LogP) is 3.66. The Kier molecular flexibility index (Phi) is 10.4. The van der Waals surface area contributed by atoms with Gasteiger partial charge in [0.25, 0.3) is 5.91 Å². The zero-order valence-electron chi connectivity index (χ0n) is 18.5. The van der Waals surface area contributed by atoms with Crippen LogP contribution in [0.5, 0.6) is 0 Å². The lowest BCUT2D eigenvalue weighted by molar-refractivity contribution is 0.0857. The number of hydrogen-bond donors (Lipinski definition) is 2. The molecule has 2 fully saturated rings. The monoisotopic (exact) mass is 528 g/mol. The molecule has 1 aromatic carbocycles. The van der Waals surface area contributed by atoms with E-state index in [0.717, 1.165) is 50.6 Å². The third-order valence-corrected chi connectivity index (χ3v) is 5.62. The molecule has 0 spiro atoms. The fourth-order valence-electron chi connectivity index (χ4n) is 4.35. The van der Waals surface area contributed by atoms with Crippen molar-refractivity contribution in [1.29, 1.82) is 0 Å². The van der Waals surface area contributed by atoms with Gasteiger partial charge in [-0.15, -0.1) is 24.0 Å². The molecule has 3 atom stereocenters. The largest absolute Gasteiger partial charge is 0.376 e. The zero-order valence-corrected chi connectivity index (χ0v) is 20.9. The van der Waals surface area contributed by atoms with Gasteiger partial charge in [0.1, 0.15) is 0 Å². The van der Waals surface area contributed by atoms with Crippen molar-refractivity contribution in [3.8, 4) is 0 Å². The average Bonchev–Trinajstić information content (AvgIpc) is 3.22. The number of nitrogens with zero attached hydrogens (tertiary/aromatic N) is 2. The van der Waals surface area contributed by atoms with Crippen LogP contribution >= 0.6 is 24.0 Å². The van der Waals surface area contributed by atoms with Gasteiger partial charge in [-0.25, -0.2) is 4.99 Å². The van der Waals surface area contributed by atoms with E-state index in [9.17, 15) is 4.79 Å². The summed E-state index contributed by atoms with van der Waals surface area (Å²) in [4.78, 5) is 19.7. The highest BCUT2D eigenvalue weighted by atomic mass is 127. The SMILES string of the molecule is CCNC(=NCc1cccc(C(=O)NCC2CCCO2)c1)N1CC(C)CC(C)C1.I. The van der Waals surface area contributed by atoms with Gasteiger partial charge in [0.05, 0.1) is 12.6 Å². The number of guanidine groups is 1. The van der Waals surface area contributed by atoms with Gasteiger partial charge in [-0.2, -0.15) is 0 Å². The molecule has 2 saturated heterocycles. The number of rotatable bonds is 6. The van der Waals surface area contributed by atoms with Crippen LogP contribution in [0.25, 0.3) is 0 Å². The van der Waals surface area contributed by atoms with Gasteiger partial charge in [0.15, 0.2) is 5.96 Å². The number of nitrogens with one attached hydrogen (secondary N) is 2. The Hall–Kier alpha value is -1.35. The van der Waals surface area contributed by atoms with Gasteiger partial charge >= 0.3 is 0 Å². The topological polar surface area (TPSA) is 66.0 Å². The van der Waals surface area contributed by atoms with E-state index in [4.69, 9.17) is 9.73 Å². The third-order valence-electron chi connectivity index (χ3n) is 5.62. The molecule has 0 saturated carbocycles. The van der Waals surface area contributed by atoms with Crippen LogP contribution in [0.4, 0.5) is 0 Å². The van der Waals surface area contributed by atoms with E-state index < -0.39 is 0 Å². The van der Waals surface area contributed by atoms with Crippen molar-refractivity contribution in [3.63, 3.8) is 0 Å². The van der Waals surface area contributed by atoms with E-state index in [0.29, 0.717) is 30.5 Å². The fourth-order valence-corrected chi connectivity index (χ4v) is 4.35. The molecule has 0 radical (unpaired) electrons. The van der Waals surface area contributed by atoms with E-state index in [2.05, 4.69) is 36.3 Å². The molecule has 168 valence electrons. The number of benzene rings is 1. The standard InChI is InChI=1S/C23H36N4O2.HI/c1-4-24-23(27-15-17(2)11-18(3)16-27)26-13-19-7-5-8-20(12-19)22(28)25-14-21-9-6-10-29-21;/h5,7-8,12,17-18,21H,4,6,9-11,13-16H2,1-3H3,(H,24,26)(H,25,28);1H. The molecule has 6 nitrogen and oxygen atoms in total. The lowest BCUT2D eigenvalue weighted by Crippen LogP contribution is -2.48. The lowest BCUT2D eigenvalue weighted by atomic mass is 9.92. The Labute approximate surface area is 198 Å². The first-order valence-corrected chi connectivity index (χ1v) is 11.1. The molecule has 0 aromatic heterocycles. The molecule has 1 aromatic rings. The van der Waals surface area contributed by atoms with E-state index >= 15 is 0 Å². The normalized spacial score (nSPS) is 24.3. The van der Waals surface area contributed by atoms with Crippen molar-refractivity contribution in [2.45, 2.75) is 52.7 Å². The summed E-state index contributed by atoms with van der Waals surface area (Å²) in [5, 5.41) is 6.43. The molecule has 3 unspecified atom stereocenters. The van der Waals surface area contributed by atoms with Crippen molar-refractivity contribution >= 4 is 35.8 Å². The molecule has 30 heavy (non-hydrogen) atoms. The van der Waals surface area contributed by atoms with E-state index in [1.54, 1.807) is 0 Å². The minimum atomic E-state index is -0.0445. The Bertz CT molecular complexity index is 696. The number of hydrogen-bond acceptors (Lipinski definition) is 3. The lowest BCUT2D eigenvalue weighted by Gasteiger charge is -2.37.